The van der Waals surface area contributed by atoms with Crippen LogP contribution >= 0.6 is 0 Å². The lowest BCUT2D eigenvalue weighted by atomic mass is 10.0. The first-order chi connectivity index (χ1) is 12.0. The molecule has 1 saturated heterocycles. The molecule has 5 heteroatoms. The summed E-state index contributed by atoms with van der Waals surface area (Å²) in [5, 5.41) is 4.89. The SMILES string of the molecule is Cc1cc([C@H]2CCCN2C(=O)c2cc(C)nc3c(C)cccc23)on1. The van der Waals surface area contributed by atoms with Crippen molar-refractivity contribution in [3.63, 3.8) is 0 Å². The number of aryl methyl sites for hydroxylation is 3. The van der Waals surface area contributed by atoms with Crippen molar-refractivity contribution in [2.24, 2.45) is 0 Å². The molecule has 4 rings (SSSR count). The van der Waals surface area contributed by atoms with Crippen molar-refractivity contribution in [1.82, 2.24) is 15.0 Å². The summed E-state index contributed by atoms with van der Waals surface area (Å²) in [6.07, 6.45) is 1.87. The number of rotatable bonds is 2. The highest BCUT2D eigenvalue weighted by molar-refractivity contribution is 6.07. The van der Waals surface area contributed by atoms with Gasteiger partial charge in [0.1, 0.15) is 0 Å². The number of nitrogens with zero attached hydrogens (tertiary/aromatic N) is 3. The normalized spacial score (nSPS) is 17.4. The van der Waals surface area contributed by atoms with Crippen LogP contribution < -0.4 is 0 Å². The first kappa shape index (κ1) is 15.8. The molecule has 0 saturated carbocycles. The third kappa shape index (κ3) is 2.69. The van der Waals surface area contributed by atoms with Crippen LogP contribution in [0.1, 0.15) is 52.0 Å². The average Bonchev–Trinajstić information content (AvgIpc) is 3.23. The number of carbonyl (C=O) groups is 1. The predicted octanol–water partition coefficient (Wildman–Crippen LogP) is 4.13. The number of para-hydroxylation sites is 1. The van der Waals surface area contributed by atoms with Crippen LogP contribution in [0.25, 0.3) is 10.9 Å². The molecule has 0 radical (unpaired) electrons. The summed E-state index contributed by atoms with van der Waals surface area (Å²) >= 11 is 0. The van der Waals surface area contributed by atoms with Crippen molar-refractivity contribution in [2.75, 3.05) is 6.54 Å². The van der Waals surface area contributed by atoms with Gasteiger partial charge in [-0.2, -0.15) is 0 Å². The molecule has 1 aromatic carbocycles. The molecule has 0 unspecified atom stereocenters. The highest BCUT2D eigenvalue weighted by Crippen LogP contribution is 2.34. The number of likely N-dealkylation sites (tertiary alicyclic amines) is 1. The molecule has 1 fully saturated rings. The van der Waals surface area contributed by atoms with E-state index < -0.39 is 0 Å². The fourth-order valence-electron chi connectivity index (χ4n) is 3.70. The minimum Gasteiger partial charge on any atom is -0.359 e. The zero-order valence-electron chi connectivity index (χ0n) is 14.7. The monoisotopic (exact) mass is 335 g/mol. The largest absolute Gasteiger partial charge is 0.359 e. The molecule has 1 aliphatic rings. The molecule has 5 nitrogen and oxygen atoms in total. The molecule has 1 atom stereocenters. The maximum Gasteiger partial charge on any atom is 0.255 e. The molecule has 0 N–H and O–H groups in total. The van der Waals surface area contributed by atoms with Crippen molar-refractivity contribution >= 4 is 16.8 Å². The molecule has 25 heavy (non-hydrogen) atoms. The average molecular weight is 335 g/mol. The Hall–Kier alpha value is -2.69. The number of fused-ring (bicyclic) bond motifs is 1. The van der Waals surface area contributed by atoms with Gasteiger partial charge >= 0.3 is 0 Å². The molecule has 0 bridgehead atoms. The molecule has 128 valence electrons. The van der Waals surface area contributed by atoms with Crippen LogP contribution in [-0.2, 0) is 0 Å². The molecule has 1 aliphatic heterocycles. The first-order valence-corrected chi connectivity index (χ1v) is 8.66. The van der Waals surface area contributed by atoms with Gasteiger partial charge < -0.3 is 9.42 Å². The maximum absolute atomic E-state index is 13.4. The summed E-state index contributed by atoms with van der Waals surface area (Å²) in [5.74, 6) is 0.812. The fourth-order valence-corrected chi connectivity index (χ4v) is 3.70. The van der Waals surface area contributed by atoms with Gasteiger partial charge in [-0.1, -0.05) is 23.4 Å². The topological polar surface area (TPSA) is 59.2 Å². The Labute approximate surface area is 146 Å². The highest BCUT2D eigenvalue weighted by Gasteiger charge is 2.34. The van der Waals surface area contributed by atoms with E-state index in [2.05, 4.69) is 10.1 Å². The molecule has 0 aliphatic carbocycles. The van der Waals surface area contributed by atoms with Gasteiger partial charge in [0.25, 0.3) is 5.91 Å². The quantitative estimate of drug-likeness (QED) is 0.706. The van der Waals surface area contributed by atoms with Gasteiger partial charge in [0.15, 0.2) is 5.76 Å². The van der Waals surface area contributed by atoms with E-state index in [0.29, 0.717) is 5.56 Å². The Morgan fingerprint density at radius 2 is 2.04 bits per heavy atom. The lowest BCUT2D eigenvalue weighted by Gasteiger charge is -2.23. The van der Waals surface area contributed by atoms with Crippen LogP contribution in [0.5, 0.6) is 0 Å². The predicted molar refractivity (Wildman–Crippen MR) is 95.5 cm³/mol. The number of pyridine rings is 1. The Morgan fingerprint density at radius 3 is 2.80 bits per heavy atom. The number of carbonyl (C=O) groups excluding carboxylic acids is 1. The third-order valence-electron chi connectivity index (χ3n) is 4.89. The number of benzene rings is 1. The van der Waals surface area contributed by atoms with Crippen LogP contribution in [-0.4, -0.2) is 27.5 Å². The maximum atomic E-state index is 13.4. The number of hydrogen-bond acceptors (Lipinski definition) is 4. The zero-order valence-corrected chi connectivity index (χ0v) is 14.7. The van der Waals surface area contributed by atoms with Crippen molar-refractivity contribution in [2.45, 2.75) is 39.7 Å². The second kappa shape index (κ2) is 5.99. The van der Waals surface area contributed by atoms with Crippen molar-refractivity contribution in [1.29, 1.82) is 0 Å². The van der Waals surface area contributed by atoms with Crippen LogP contribution in [0.3, 0.4) is 0 Å². The standard InChI is InChI=1S/C20H21N3O2/c1-12-6-4-7-15-16(10-13(2)21-19(12)15)20(24)23-9-5-8-17(23)18-11-14(3)22-25-18/h4,6-7,10-11,17H,5,8-9H2,1-3H3/t17-/m1/s1. The Morgan fingerprint density at radius 1 is 1.20 bits per heavy atom. The second-order valence-electron chi connectivity index (χ2n) is 6.81. The summed E-state index contributed by atoms with van der Waals surface area (Å²) in [5.41, 5.74) is 4.40. The highest BCUT2D eigenvalue weighted by atomic mass is 16.5. The summed E-state index contributed by atoms with van der Waals surface area (Å²) in [4.78, 5) is 19.9. The molecule has 2 aromatic heterocycles. The van der Waals surface area contributed by atoms with Crippen LogP contribution in [0.15, 0.2) is 34.9 Å². The Bertz CT molecular complexity index is 961. The first-order valence-electron chi connectivity index (χ1n) is 8.66. The molecule has 3 aromatic rings. The van der Waals surface area contributed by atoms with E-state index in [1.54, 1.807) is 0 Å². The summed E-state index contributed by atoms with van der Waals surface area (Å²) in [7, 11) is 0. The molecular weight excluding hydrogens is 314 g/mol. The van der Waals surface area contributed by atoms with E-state index in [9.17, 15) is 4.79 Å². The van der Waals surface area contributed by atoms with E-state index in [-0.39, 0.29) is 11.9 Å². The summed E-state index contributed by atoms with van der Waals surface area (Å²) in [6, 6.07) is 9.76. The summed E-state index contributed by atoms with van der Waals surface area (Å²) in [6.45, 7) is 6.59. The molecular formula is C20H21N3O2. The number of aromatic nitrogens is 2. The van der Waals surface area contributed by atoms with Gasteiger partial charge in [-0.25, -0.2) is 0 Å². The van der Waals surface area contributed by atoms with Crippen LogP contribution in [0.2, 0.25) is 0 Å². The van der Waals surface area contributed by atoms with Crippen LogP contribution in [0, 0.1) is 20.8 Å². The number of amides is 1. The zero-order chi connectivity index (χ0) is 17.6. The van der Waals surface area contributed by atoms with Gasteiger partial charge in [0.2, 0.25) is 0 Å². The molecule has 3 heterocycles. The lowest BCUT2D eigenvalue weighted by Crippen LogP contribution is -2.30. The third-order valence-corrected chi connectivity index (χ3v) is 4.89. The Balaban J connectivity index is 1.78. The van der Waals surface area contributed by atoms with Crippen molar-refractivity contribution in [3.8, 4) is 0 Å². The van der Waals surface area contributed by atoms with E-state index in [0.717, 1.165) is 53.0 Å². The van der Waals surface area contributed by atoms with Crippen LogP contribution in [0.4, 0.5) is 0 Å². The lowest BCUT2D eigenvalue weighted by molar-refractivity contribution is 0.0716. The van der Waals surface area contributed by atoms with E-state index in [1.807, 2.05) is 56.0 Å². The van der Waals surface area contributed by atoms with Gasteiger partial charge in [-0.15, -0.1) is 0 Å². The van der Waals surface area contributed by atoms with Gasteiger partial charge in [0.05, 0.1) is 22.8 Å². The smallest absolute Gasteiger partial charge is 0.255 e. The van der Waals surface area contributed by atoms with Crippen molar-refractivity contribution < 1.29 is 9.32 Å². The molecule has 1 amide bonds. The van der Waals surface area contributed by atoms with E-state index in [1.165, 1.54) is 0 Å². The van der Waals surface area contributed by atoms with Gasteiger partial charge in [-0.3, -0.25) is 9.78 Å². The minimum atomic E-state index is -0.0398. The summed E-state index contributed by atoms with van der Waals surface area (Å²) < 4.78 is 5.44. The van der Waals surface area contributed by atoms with E-state index in [4.69, 9.17) is 4.52 Å². The number of hydrogen-bond donors (Lipinski definition) is 0. The van der Waals surface area contributed by atoms with E-state index >= 15 is 0 Å². The van der Waals surface area contributed by atoms with Gasteiger partial charge in [-0.05, 0) is 45.2 Å². The Kier molecular flexibility index (Phi) is 3.79. The fraction of sp³-hybridized carbons (Fsp3) is 0.350. The van der Waals surface area contributed by atoms with Crippen molar-refractivity contribution in [3.05, 3.63) is 58.6 Å². The minimum absolute atomic E-state index is 0.0395. The van der Waals surface area contributed by atoms with Gasteiger partial charge in [0, 0.05) is 23.7 Å². The second-order valence-corrected chi connectivity index (χ2v) is 6.81. The molecule has 0 spiro atoms.